The molecule has 2 bridgehead atoms. The third kappa shape index (κ3) is 3.22. The monoisotopic (exact) mass is 259 g/mol. The molecule has 2 aliphatic rings. The Balaban J connectivity index is 1.86. The highest BCUT2D eigenvalue weighted by Gasteiger charge is 2.42. The van der Waals surface area contributed by atoms with Crippen LogP contribution in [0.2, 0.25) is 0 Å². The zero-order valence-corrected chi connectivity index (χ0v) is 11.8. The highest BCUT2D eigenvalue weighted by Crippen LogP contribution is 2.49. The van der Waals surface area contributed by atoms with E-state index in [9.17, 15) is 8.42 Å². The van der Waals surface area contributed by atoms with Gasteiger partial charge < -0.3 is 0 Å². The highest BCUT2D eigenvalue weighted by molar-refractivity contribution is 7.89. The Morgan fingerprint density at radius 2 is 2.06 bits per heavy atom. The number of hydrogen-bond acceptors (Lipinski definition) is 2. The smallest absolute Gasteiger partial charge is 0.211 e. The minimum Gasteiger partial charge on any atom is -0.212 e. The van der Waals surface area contributed by atoms with Crippen molar-refractivity contribution in [3.05, 3.63) is 0 Å². The molecule has 4 heteroatoms. The molecule has 0 aromatic heterocycles. The molecule has 100 valence electrons. The van der Waals surface area contributed by atoms with E-state index in [2.05, 4.69) is 11.6 Å². The molecular formula is C13H25NO2S. The number of sulfonamides is 1. The SMILES string of the molecule is CCCCS(=O)(=O)N[C@H](C)[C@H]1C[C@H]2CC[C@H]1C2. The molecule has 4 atom stereocenters. The van der Waals surface area contributed by atoms with E-state index >= 15 is 0 Å². The minimum atomic E-state index is -3.05. The van der Waals surface area contributed by atoms with E-state index in [-0.39, 0.29) is 11.8 Å². The molecule has 2 rings (SSSR count). The fraction of sp³-hybridized carbons (Fsp3) is 1.00. The number of nitrogens with one attached hydrogen (secondary N) is 1. The topological polar surface area (TPSA) is 46.2 Å². The molecule has 0 aromatic carbocycles. The van der Waals surface area contributed by atoms with Gasteiger partial charge in [0.25, 0.3) is 0 Å². The Labute approximate surface area is 105 Å². The molecule has 0 heterocycles. The summed E-state index contributed by atoms with van der Waals surface area (Å²) in [5, 5.41) is 0. The second-order valence-electron chi connectivity index (χ2n) is 5.92. The first kappa shape index (κ1) is 13.3. The lowest BCUT2D eigenvalue weighted by Crippen LogP contribution is -2.41. The van der Waals surface area contributed by atoms with Crippen LogP contribution in [0.1, 0.15) is 52.4 Å². The molecule has 0 radical (unpaired) electrons. The van der Waals surface area contributed by atoms with E-state index in [0.29, 0.717) is 5.92 Å². The standard InChI is InChI=1S/C13H25NO2S/c1-3-4-7-17(15,16)14-10(2)13-9-11-5-6-12(13)8-11/h10-14H,3-9H2,1-2H3/t10-,11+,12+,13-/m1/s1. The maximum absolute atomic E-state index is 11.9. The van der Waals surface area contributed by atoms with Crippen LogP contribution in [0.15, 0.2) is 0 Å². The van der Waals surface area contributed by atoms with Crippen LogP contribution in [-0.2, 0) is 10.0 Å². The average molecular weight is 259 g/mol. The Bertz CT molecular complexity index is 352. The van der Waals surface area contributed by atoms with Crippen LogP contribution < -0.4 is 4.72 Å². The van der Waals surface area contributed by atoms with Gasteiger partial charge in [-0.15, -0.1) is 0 Å². The van der Waals surface area contributed by atoms with Crippen molar-refractivity contribution < 1.29 is 8.42 Å². The number of fused-ring (bicyclic) bond motifs is 2. The predicted molar refractivity (Wildman–Crippen MR) is 70.2 cm³/mol. The van der Waals surface area contributed by atoms with Gasteiger partial charge in [-0.05, 0) is 50.4 Å². The van der Waals surface area contributed by atoms with Gasteiger partial charge in [0.05, 0.1) is 5.75 Å². The summed E-state index contributed by atoms with van der Waals surface area (Å²) >= 11 is 0. The van der Waals surface area contributed by atoms with Crippen LogP contribution in [-0.4, -0.2) is 20.2 Å². The van der Waals surface area contributed by atoms with E-state index in [1.807, 2.05) is 6.92 Å². The number of unbranched alkanes of at least 4 members (excludes halogenated alkanes) is 1. The van der Waals surface area contributed by atoms with Crippen LogP contribution in [0.4, 0.5) is 0 Å². The zero-order chi connectivity index (χ0) is 12.5. The summed E-state index contributed by atoms with van der Waals surface area (Å²) in [7, 11) is -3.05. The van der Waals surface area contributed by atoms with Crippen LogP contribution in [0, 0.1) is 17.8 Å². The summed E-state index contributed by atoms with van der Waals surface area (Å²) in [6.07, 6.45) is 6.96. The van der Waals surface area contributed by atoms with E-state index in [1.165, 1.54) is 25.7 Å². The van der Waals surface area contributed by atoms with Crippen molar-refractivity contribution in [2.24, 2.45) is 17.8 Å². The Hall–Kier alpha value is -0.0900. The van der Waals surface area contributed by atoms with Crippen molar-refractivity contribution in [3.63, 3.8) is 0 Å². The first-order valence-corrected chi connectivity index (χ1v) is 8.67. The summed E-state index contributed by atoms with van der Waals surface area (Å²) in [5.74, 6) is 2.54. The fourth-order valence-corrected chi connectivity index (χ4v) is 5.20. The highest BCUT2D eigenvalue weighted by atomic mass is 32.2. The lowest BCUT2D eigenvalue weighted by atomic mass is 9.84. The average Bonchev–Trinajstić information content (AvgIpc) is 2.87. The summed E-state index contributed by atoms with van der Waals surface area (Å²) in [4.78, 5) is 0. The lowest BCUT2D eigenvalue weighted by Gasteiger charge is -2.28. The molecule has 2 fully saturated rings. The van der Waals surface area contributed by atoms with Crippen molar-refractivity contribution in [2.45, 2.75) is 58.4 Å². The summed E-state index contributed by atoms with van der Waals surface area (Å²) in [5.41, 5.74) is 0. The summed E-state index contributed by atoms with van der Waals surface area (Å²) in [6, 6.07) is 0.132. The molecule has 2 saturated carbocycles. The first-order chi connectivity index (χ1) is 8.02. The van der Waals surface area contributed by atoms with Gasteiger partial charge in [-0.1, -0.05) is 19.8 Å². The Morgan fingerprint density at radius 1 is 1.29 bits per heavy atom. The van der Waals surface area contributed by atoms with Crippen LogP contribution >= 0.6 is 0 Å². The normalized spacial score (nSPS) is 34.1. The molecule has 0 unspecified atom stereocenters. The van der Waals surface area contributed by atoms with Crippen molar-refractivity contribution in [1.82, 2.24) is 4.72 Å². The van der Waals surface area contributed by atoms with E-state index in [0.717, 1.165) is 24.7 Å². The molecule has 3 nitrogen and oxygen atoms in total. The Kier molecular flexibility index (Phi) is 4.14. The van der Waals surface area contributed by atoms with Gasteiger partial charge in [0, 0.05) is 6.04 Å². The number of hydrogen-bond donors (Lipinski definition) is 1. The van der Waals surface area contributed by atoms with Gasteiger partial charge in [-0.25, -0.2) is 13.1 Å². The molecular weight excluding hydrogens is 234 g/mol. The fourth-order valence-electron chi connectivity index (χ4n) is 3.67. The third-order valence-corrected chi connectivity index (χ3v) is 6.12. The molecule has 0 spiro atoms. The third-order valence-electron chi connectivity index (χ3n) is 4.57. The van der Waals surface area contributed by atoms with E-state index < -0.39 is 10.0 Å². The van der Waals surface area contributed by atoms with Gasteiger partial charge in [0.15, 0.2) is 0 Å². The van der Waals surface area contributed by atoms with Gasteiger partial charge in [-0.3, -0.25) is 0 Å². The maximum atomic E-state index is 11.9. The predicted octanol–water partition coefficient (Wildman–Crippen LogP) is 2.53. The van der Waals surface area contributed by atoms with Crippen molar-refractivity contribution in [3.8, 4) is 0 Å². The molecule has 1 N–H and O–H groups in total. The van der Waals surface area contributed by atoms with Gasteiger partial charge in [-0.2, -0.15) is 0 Å². The molecule has 0 aromatic rings. The van der Waals surface area contributed by atoms with E-state index in [1.54, 1.807) is 0 Å². The molecule has 2 aliphatic carbocycles. The molecule has 17 heavy (non-hydrogen) atoms. The first-order valence-electron chi connectivity index (χ1n) is 7.02. The molecule has 0 aliphatic heterocycles. The lowest BCUT2D eigenvalue weighted by molar-refractivity contribution is 0.280. The molecule has 0 saturated heterocycles. The van der Waals surface area contributed by atoms with Gasteiger partial charge in [0.2, 0.25) is 10.0 Å². The molecule has 0 amide bonds. The minimum absolute atomic E-state index is 0.132. The van der Waals surface area contributed by atoms with Crippen molar-refractivity contribution >= 4 is 10.0 Å². The van der Waals surface area contributed by atoms with E-state index in [4.69, 9.17) is 0 Å². The second-order valence-corrected chi connectivity index (χ2v) is 7.79. The number of rotatable bonds is 6. The van der Waals surface area contributed by atoms with Crippen molar-refractivity contribution in [1.29, 1.82) is 0 Å². The van der Waals surface area contributed by atoms with Crippen LogP contribution in [0.3, 0.4) is 0 Å². The zero-order valence-electron chi connectivity index (χ0n) is 11.0. The maximum Gasteiger partial charge on any atom is 0.211 e. The van der Waals surface area contributed by atoms with Crippen LogP contribution in [0.25, 0.3) is 0 Å². The second kappa shape index (κ2) is 5.27. The quantitative estimate of drug-likeness (QED) is 0.796. The van der Waals surface area contributed by atoms with Gasteiger partial charge in [0.1, 0.15) is 0 Å². The largest absolute Gasteiger partial charge is 0.212 e. The summed E-state index contributed by atoms with van der Waals surface area (Å²) in [6.45, 7) is 4.07. The summed E-state index contributed by atoms with van der Waals surface area (Å²) < 4.78 is 26.6. The van der Waals surface area contributed by atoms with Crippen molar-refractivity contribution in [2.75, 3.05) is 5.75 Å². The Morgan fingerprint density at radius 3 is 2.59 bits per heavy atom. The van der Waals surface area contributed by atoms with Gasteiger partial charge >= 0.3 is 0 Å². The van der Waals surface area contributed by atoms with Crippen LogP contribution in [0.5, 0.6) is 0 Å².